The minimum atomic E-state index is -0.189. The van der Waals surface area contributed by atoms with E-state index in [1.165, 1.54) is 135 Å². The predicted molar refractivity (Wildman–Crippen MR) is 307 cm³/mol. The topological polar surface area (TPSA) is 44.2 Å². The van der Waals surface area contributed by atoms with E-state index in [0.717, 1.165) is 96.6 Å². The van der Waals surface area contributed by atoms with E-state index in [2.05, 4.69) is 61.9 Å². The van der Waals surface area contributed by atoms with Gasteiger partial charge in [0.2, 0.25) is 0 Å². The van der Waals surface area contributed by atoms with Gasteiger partial charge in [-0.05, 0) is 121 Å². The third-order valence-corrected chi connectivity index (χ3v) is 13.9. The van der Waals surface area contributed by atoms with Crippen molar-refractivity contribution >= 4 is 0 Å². The first-order valence-corrected chi connectivity index (χ1v) is 28.9. The van der Waals surface area contributed by atoms with E-state index in [-0.39, 0.29) is 11.6 Å². The van der Waals surface area contributed by atoms with Crippen LogP contribution in [0.1, 0.15) is 199 Å². The van der Waals surface area contributed by atoms with Crippen LogP contribution in [0, 0.1) is 11.6 Å². The number of hydrogen-bond donors (Lipinski definition) is 0. The Kier molecular flexibility index (Phi) is 28.6. The molecule has 2 aromatic heterocycles. The van der Waals surface area contributed by atoms with Crippen molar-refractivity contribution in [3.05, 3.63) is 144 Å². The summed E-state index contributed by atoms with van der Waals surface area (Å²) in [6.45, 7) is 10.5. The SMILES string of the molecule is CCCCCCCCCOc1ccc(-c2ccc(-c3ccc(CCCCCCCC)cc3F)nc2)cc1.CCCCCCCCOc1ccc(-c2ccc(-c3ccc(CCCCCCCC)cc3F)nc2)cc1. The highest BCUT2D eigenvalue weighted by Crippen LogP contribution is 2.29. The number of rotatable bonds is 35. The molecule has 2 heterocycles. The number of benzene rings is 4. The van der Waals surface area contributed by atoms with Gasteiger partial charge in [-0.1, -0.05) is 211 Å². The number of hydrogen-bond acceptors (Lipinski definition) is 4. The molecular formula is C67H90F2N2O2. The minimum Gasteiger partial charge on any atom is -0.494 e. The number of nitrogens with zero attached hydrogens (tertiary/aromatic N) is 2. The summed E-state index contributed by atoms with van der Waals surface area (Å²) in [4.78, 5) is 9.13. The van der Waals surface area contributed by atoms with Gasteiger partial charge in [-0.3, -0.25) is 9.97 Å². The Hall–Kier alpha value is -5.36. The number of ether oxygens (including phenoxy) is 2. The zero-order chi connectivity index (χ0) is 51.6. The van der Waals surface area contributed by atoms with Crippen LogP contribution in [0.25, 0.3) is 44.8 Å². The van der Waals surface area contributed by atoms with Crippen molar-refractivity contribution in [3.8, 4) is 56.3 Å². The van der Waals surface area contributed by atoms with Crippen LogP contribution >= 0.6 is 0 Å². The quantitative estimate of drug-likeness (QED) is 0.0372. The standard InChI is InChI=1S/C34H46FNO.C33H44FNO/c1-3-5-7-9-11-13-15-25-37-31-21-18-29(19-22-31)30-20-24-34(36-27-30)32-23-17-28(26-33(32)35)16-14-12-10-8-6-4-2;1-3-5-7-9-11-13-15-27-16-22-31(32(34)25-27)33-23-19-29(26-35-33)28-17-20-30(21-18-28)36-24-14-12-10-8-6-4-2/h17-24,26-27H,3-16,25H2,1-2H3;16-23,25-26H,3-15,24H2,1-2H3. The Morgan fingerprint density at radius 3 is 0.959 bits per heavy atom. The van der Waals surface area contributed by atoms with Crippen molar-refractivity contribution in [1.29, 1.82) is 0 Å². The molecule has 4 nitrogen and oxygen atoms in total. The van der Waals surface area contributed by atoms with Crippen LogP contribution in [0.3, 0.4) is 0 Å². The van der Waals surface area contributed by atoms with Crippen molar-refractivity contribution in [2.45, 2.75) is 201 Å². The van der Waals surface area contributed by atoms with Gasteiger partial charge < -0.3 is 9.47 Å². The molecule has 0 aliphatic heterocycles. The summed E-state index contributed by atoms with van der Waals surface area (Å²) in [5.74, 6) is 1.43. The minimum absolute atomic E-state index is 0.189. The molecule has 0 bridgehead atoms. The second kappa shape index (κ2) is 35.7. The highest BCUT2D eigenvalue weighted by Gasteiger charge is 2.11. The van der Waals surface area contributed by atoms with Crippen molar-refractivity contribution in [2.75, 3.05) is 13.2 Å². The first-order chi connectivity index (χ1) is 35.9. The lowest BCUT2D eigenvalue weighted by Crippen LogP contribution is -1.97. The van der Waals surface area contributed by atoms with Crippen molar-refractivity contribution < 1.29 is 18.3 Å². The molecule has 6 heteroatoms. The Balaban J connectivity index is 0.000000271. The van der Waals surface area contributed by atoms with Crippen LogP contribution in [0.4, 0.5) is 8.78 Å². The van der Waals surface area contributed by atoms with Gasteiger partial charge in [0.05, 0.1) is 24.6 Å². The summed E-state index contributed by atoms with van der Waals surface area (Å²) in [5.41, 5.74) is 8.80. The molecule has 0 radical (unpaired) electrons. The lowest BCUT2D eigenvalue weighted by Gasteiger charge is -2.09. The summed E-state index contributed by atoms with van der Waals surface area (Å²) in [6, 6.07) is 35.4. The largest absolute Gasteiger partial charge is 0.494 e. The van der Waals surface area contributed by atoms with Gasteiger partial charge in [-0.2, -0.15) is 0 Å². The molecule has 0 aliphatic carbocycles. The summed E-state index contributed by atoms with van der Waals surface area (Å²) < 4.78 is 41.5. The van der Waals surface area contributed by atoms with Crippen LogP contribution < -0.4 is 9.47 Å². The fraction of sp³-hybridized carbons (Fsp3) is 0.493. The molecule has 0 amide bonds. The molecule has 0 aliphatic rings. The summed E-state index contributed by atoms with van der Waals surface area (Å²) in [6.07, 6.45) is 37.1. The van der Waals surface area contributed by atoms with Crippen LogP contribution in [0.2, 0.25) is 0 Å². The molecule has 0 fully saturated rings. The lowest BCUT2D eigenvalue weighted by molar-refractivity contribution is 0.304. The predicted octanol–water partition coefficient (Wildman–Crippen LogP) is 20.8. The maximum atomic E-state index is 14.8. The molecule has 6 rings (SSSR count). The lowest BCUT2D eigenvalue weighted by atomic mass is 10.0. The van der Waals surface area contributed by atoms with E-state index < -0.39 is 0 Å². The molecule has 4 aromatic carbocycles. The van der Waals surface area contributed by atoms with E-state index in [1.54, 1.807) is 12.1 Å². The summed E-state index contributed by atoms with van der Waals surface area (Å²) in [5, 5.41) is 0. The zero-order valence-corrected chi connectivity index (χ0v) is 45.5. The molecule has 6 aromatic rings. The second-order valence-corrected chi connectivity index (χ2v) is 20.2. The number of unbranched alkanes of at least 4 members (excludes halogenated alkanes) is 21. The average molecular weight is 993 g/mol. The number of halogens is 2. The van der Waals surface area contributed by atoms with Gasteiger partial charge in [0.25, 0.3) is 0 Å². The van der Waals surface area contributed by atoms with Gasteiger partial charge in [-0.15, -0.1) is 0 Å². The third kappa shape index (κ3) is 22.3. The Morgan fingerprint density at radius 1 is 0.329 bits per heavy atom. The second-order valence-electron chi connectivity index (χ2n) is 20.2. The summed E-state index contributed by atoms with van der Waals surface area (Å²) in [7, 11) is 0. The maximum absolute atomic E-state index is 14.8. The molecule has 394 valence electrons. The van der Waals surface area contributed by atoms with Gasteiger partial charge in [-0.25, -0.2) is 8.78 Å². The van der Waals surface area contributed by atoms with E-state index in [0.29, 0.717) is 22.5 Å². The first kappa shape index (κ1) is 58.5. The third-order valence-electron chi connectivity index (χ3n) is 13.9. The average Bonchev–Trinajstić information content (AvgIpc) is 3.42. The van der Waals surface area contributed by atoms with Crippen LogP contribution in [0.15, 0.2) is 122 Å². The summed E-state index contributed by atoms with van der Waals surface area (Å²) >= 11 is 0. The molecule has 0 saturated carbocycles. The molecule has 0 atom stereocenters. The first-order valence-electron chi connectivity index (χ1n) is 28.9. The Labute approximate surface area is 441 Å². The zero-order valence-electron chi connectivity index (χ0n) is 45.5. The normalized spacial score (nSPS) is 11.1. The van der Waals surface area contributed by atoms with Crippen LogP contribution in [-0.4, -0.2) is 23.2 Å². The molecular weight excluding hydrogens is 903 g/mol. The number of pyridine rings is 2. The van der Waals surface area contributed by atoms with E-state index >= 15 is 0 Å². The monoisotopic (exact) mass is 993 g/mol. The van der Waals surface area contributed by atoms with Crippen molar-refractivity contribution in [3.63, 3.8) is 0 Å². The smallest absolute Gasteiger partial charge is 0.132 e. The number of aryl methyl sites for hydroxylation is 2. The maximum Gasteiger partial charge on any atom is 0.132 e. The van der Waals surface area contributed by atoms with Crippen LogP contribution in [-0.2, 0) is 12.8 Å². The van der Waals surface area contributed by atoms with E-state index in [1.807, 2.05) is 85.2 Å². The Morgan fingerprint density at radius 2 is 0.644 bits per heavy atom. The van der Waals surface area contributed by atoms with E-state index in [4.69, 9.17) is 9.47 Å². The highest BCUT2D eigenvalue weighted by atomic mass is 19.1. The number of aromatic nitrogens is 2. The van der Waals surface area contributed by atoms with E-state index in [9.17, 15) is 8.78 Å². The van der Waals surface area contributed by atoms with Crippen LogP contribution in [0.5, 0.6) is 11.5 Å². The fourth-order valence-electron chi connectivity index (χ4n) is 9.32. The molecule has 0 unspecified atom stereocenters. The molecule has 0 N–H and O–H groups in total. The molecule has 0 saturated heterocycles. The van der Waals surface area contributed by atoms with Gasteiger partial charge in [0.1, 0.15) is 23.1 Å². The van der Waals surface area contributed by atoms with Gasteiger partial charge in [0.15, 0.2) is 0 Å². The van der Waals surface area contributed by atoms with Crippen molar-refractivity contribution in [1.82, 2.24) is 9.97 Å². The Bertz CT molecular complexity index is 2350. The van der Waals surface area contributed by atoms with Gasteiger partial charge >= 0.3 is 0 Å². The highest BCUT2D eigenvalue weighted by molar-refractivity contribution is 5.69. The molecule has 0 spiro atoms. The fourth-order valence-corrected chi connectivity index (χ4v) is 9.32. The molecule has 73 heavy (non-hydrogen) atoms. The van der Waals surface area contributed by atoms with Crippen molar-refractivity contribution in [2.24, 2.45) is 0 Å². The van der Waals surface area contributed by atoms with Gasteiger partial charge in [0, 0.05) is 34.6 Å².